The highest BCUT2D eigenvalue weighted by Crippen LogP contribution is 2.27. The zero-order valence-electron chi connectivity index (χ0n) is 14.4. The summed E-state index contributed by atoms with van der Waals surface area (Å²) in [5, 5.41) is 0.838. The number of rotatable bonds is 5. The van der Waals surface area contributed by atoms with Gasteiger partial charge >= 0.3 is 0 Å². The van der Waals surface area contributed by atoms with Crippen molar-refractivity contribution >= 4 is 56.3 Å². The van der Waals surface area contributed by atoms with Crippen LogP contribution in [0.4, 0.5) is 5.69 Å². The number of ketones is 1. The van der Waals surface area contributed by atoms with Gasteiger partial charge in [0.15, 0.2) is 0 Å². The van der Waals surface area contributed by atoms with E-state index < -0.39 is 15.8 Å². The maximum atomic E-state index is 12.9. The average molecular weight is 456 g/mol. The summed E-state index contributed by atoms with van der Waals surface area (Å²) >= 11 is 18.0. The van der Waals surface area contributed by atoms with Crippen LogP contribution >= 0.6 is 34.8 Å². The summed E-state index contributed by atoms with van der Waals surface area (Å²) in [6.07, 6.45) is 1.26. The Labute approximate surface area is 177 Å². The maximum absolute atomic E-state index is 12.9. The predicted octanol–water partition coefficient (Wildman–Crippen LogP) is 5.38. The molecule has 2 aromatic carbocycles. The van der Waals surface area contributed by atoms with E-state index in [2.05, 4.69) is 9.71 Å². The molecule has 0 aliphatic rings. The van der Waals surface area contributed by atoms with Crippen molar-refractivity contribution in [1.82, 2.24) is 4.98 Å². The van der Waals surface area contributed by atoms with Gasteiger partial charge in [-0.1, -0.05) is 46.9 Å². The molecule has 0 radical (unpaired) electrons. The van der Waals surface area contributed by atoms with Gasteiger partial charge in [-0.3, -0.25) is 9.52 Å². The summed E-state index contributed by atoms with van der Waals surface area (Å²) < 4.78 is 28.0. The Kier molecular flexibility index (Phi) is 5.95. The number of pyridine rings is 1. The van der Waals surface area contributed by atoms with Crippen molar-refractivity contribution in [3.05, 3.63) is 86.6 Å². The van der Waals surface area contributed by atoms with Crippen LogP contribution in [-0.4, -0.2) is 19.2 Å². The number of nitrogens with zero attached hydrogens (tertiary/aromatic N) is 1. The highest BCUT2D eigenvalue weighted by Gasteiger charge is 2.23. The van der Waals surface area contributed by atoms with Gasteiger partial charge in [-0.25, -0.2) is 13.4 Å². The molecular weight excluding hydrogens is 443 g/mol. The molecule has 0 fully saturated rings. The van der Waals surface area contributed by atoms with E-state index in [9.17, 15) is 13.2 Å². The van der Waals surface area contributed by atoms with Crippen molar-refractivity contribution in [2.45, 2.75) is 11.8 Å². The molecule has 3 aromatic rings. The van der Waals surface area contributed by atoms with E-state index in [1.54, 1.807) is 25.1 Å². The molecule has 0 unspecified atom stereocenters. The Bertz CT molecular complexity index is 1180. The molecule has 9 heteroatoms. The highest BCUT2D eigenvalue weighted by atomic mass is 35.5. The van der Waals surface area contributed by atoms with Crippen LogP contribution in [-0.2, 0) is 10.0 Å². The number of carbonyl (C=O) groups is 1. The van der Waals surface area contributed by atoms with Crippen LogP contribution in [0, 0.1) is 6.92 Å². The van der Waals surface area contributed by atoms with Crippen LogP contribution in [0.25, 0.3) is 0 Å². The minimum absolute atomic E-state index is 0.00878. The van der Waals surface area contributed by atoms with E-state index in [1.807, 2.05) is 0 Å². The number of halogens is 3. The topological polar surface area (TPSA) is 76.1 Å². The molecule has 144 valence electrons. The molecule has 0 bridgehead atoms. The Balaban J connectivity index is 2.05. The molecule has 28 heavy (non-hydrogen) atoms. The van der Waals surface area contributed by atoms with Crippen molar-refractivity contribution in [3.63, 3.8) is 0 Å². The fourth-order valence-electron chi connectivity index (χ4n) is 2.46. The number of hydrogen-bond acceptors (Lipinski definition) is 4. The van der Waals surface area contributed by atoms with Gasteiger partial charge in [-0.15, -0.1) is 0 Å². The maximum Gasteiger partial charge on any atom is 0.261 e. The number of anilines is 1. The van der Waals surface area contributed by atoms with Crippen LogP contribution in [0.15, 0.2) is 59.6 Å². The van der Waals surface area contributed by atoms with Crippen LogP contribution < -0.4 is 4.72 Å². The van der Waals surface area contributed by atoms with Crippen molar-refractivity contribution in [1.29, 1.82) is 0 Å². The molecule has 0 spiro atoms. The average Bonchev–Trinajstić information content (AvgIpc) is 2.63. The van der Waals surface area contributed by atoms with E-state index in [4.69, 9.17) is 34.8 Å². The van der Waals surface area contributed by atoms with Crippen LogP contribution in [0.3, 0.4) is 0 Å². The lowest BCUT2D eigenvalue weighted by molar-refractivity contribution is 0.103. The zero-order valence-corrected chi connectivity index (χ0v) is 17.5. The fourth-order valence-corrected chi connectivity index (χ4v) is 4.10. The summed E-state index contributed by atoms with van der Waals surface area (Å²) in [6.45, 7) is 1.69. The number of benzene rings is 2. The summed E-state index contributed by atoms with van der Waals surface area (Å²) in [7, 11) is -4.01. The molecule has 0 saturated heterocycles. The fraction of sp³-hybridized carbons (Fsp3) is 0.0526. The molecule has 5 nitrogen and oxygen atoms in total. The molecule has 1 heterocycles. The highest BCUT2D eigenvalue weighted by molar-refractivity contribution is 7.92. The first kappa shape index (κ1) is 20.6. The van der Waals surface area contributed by atoms with Crippen LogP contribution in [0.2, 0.25) is 15.1 Å². The van der Waals surface area contributed by atoms with Gasteiger partial charge in [0.25, 0.3) is 10.0 Å². The summed E-state index contributed by atoms with van der Waals surface area (Å²) in [5.41, 5.74) is 0.625. The van der Waals surface area contributed by atoms with Crippen molar-refractivity contribution in [2.75, 3.05) is 4.72 Å². The molecule has 0 atom stereocenters. The first-order valence-corrected chi connectivity index (χ1v) is 10.5. The SMILES string of the molecule is Cc1cc(S(=O)(=O)Nc2cc(Cl)cnc2C(=O)c2ccccc2Cl)ccc1Cl. The zero-order chi connectivity index (χ0) is 20.5. The number of carbonyl (C=O) groups excluding carboxylic acids is 1. The first-order valence-electron chi connectivity index (χ1n) is 7.93. The molecule has 3 rings (SSSR count). The van der Waals surface area contributed by atoms with E-state index in [1.165, 1.54) is 36.5 Å². The van der Waals surface area contributed by atoms with Crippen LogP contribution in [0.5, 0.6) is 0 Å². The first-order chi connectivity index (χ1) is 13.2. The van der Waals surface area contributed by atoms with Crippen LogP contribution in [0.1, 0.15) is 21.6 Å². The van der Waals surface area contributed by atoms with E-state index in [-0.39, 0.29) is 31.9 Å². The van der Waals surface area contributed by atoms with Crippen molar-refractivity contribution in [3.8, 4) is 0 Å². The van der Waals surface area contributed by atoms with Gasteiger partial charge in [0.2, 0.25) is 5.78 Å². The lowest BCUT2D eigenvalue weighted by Gasteiger charge is -2.13. The Morgan fingerprint density at radius 3 is 2.39 bits per heavy atom. The second kappa shape index (κ2) is 8.09. The Hall–Kier alpha value is -2.12. The lowest BCUT2D eigenvalue weighted by Crippen LogP contribution is -2.17. The summed E-state index contributed by atoms with van der Waals surface area (Å²) in [5.74, 6) is -0.535. The molecule has 0 saturated carbocycles. The molecule has 1 aromatic heterocycles. The van der Waals surface area contributed by atoms with Gasteiger partial charge in [-0.05, 0) is 48.9 Å². The van der Waals surface area contributed by atoms with Gasteiger partial charge in [0.1, 0.15) is 5.69 Å². The standard InChI is InChI=1S/C19H13Cl3N2O3S/c1-11-8-13(6-7-15(11)21)28(26,27)24-17-9-12(20)10-23-18(17)19(25)14-4-2-3-5-16(14)22/h2-10,24H,1H3. The molecule has 1 N–H and O–H groups in total. The van der Waals surface area contributed by atoms with Crippen molar-refractivity contribution < 1.29 is 13.2 Å². The Morgan fingerprint density at radius 2 is 1.71 bits per heavy atom. The summed E-state index contributed by atoms with van der Waals surface area (Å²) in [4.78, 5) is 16.9. The Morgan fingerprint density at radius 1 is 1.00 bits per heavy atom. The van der Waals surface area contributed by atoms with Gasteiger partial charge in [0.05, 0.1) is 20.6 Å². The largest absolute Gasteiger partial charge is 0.287 e. The second-order valence-electron chi connectivity index (χ2n) is 5.88. The van der Waals surface area contributed by atoms with E-state index >= 15 is 0 Å². The van der Waals surface area contributed by atoms with E-state index in [0.717, 1.165) is 0 Å². The van der Waals surface area contributed by atoms with E-state index in [0.29, 0.717) is 10.6 Å². The number of hydrogen-bond donors (Lipinski definition) is 1. The molecule has 0 aliphatic carbocycles. The number of nitrogens with one attached hydrogen (secondary N) is 1. The van der Waals surface area contributed by atoms with Crippen molar-refractivity contribution in [2.24, 2.45) is 0 Å². The normalized spacial score (nSPS) is 11.3. The monoisotopic (exact) mass is 454 g/mol. The molecule has 0 amide bonds. The lowest BCUT2D eigenvalue weighted by atomic mass is 10.1. The minimum Gasteiger partial charge on any atom is -0.287 e. The smallest absolute Gasteiger partial charge is 0.261 e. The van der Waals surface area contributed by atoms with Gasteiger partial charge in [0, 0.05) is 16.8 Å². The third-order valence-electron chi connectivity index (χ3n) is 3.87. The quantitative estimate of drug-likeness (QED) is 0.524. The number of sulfonamides is 1. The number of aryl methyl sites for hydroxylation is 1. The number of aromatic nitrogens is 1. The van der Waals surface area contributed by atoms with Gasteiger partial charge in [-0.2, -0.15) is 0 Å². The third kappa shape index (κ3) is 4.31. The second-order valence-corrected chi connectivity index (χ2v) is 8.81. The molecular formula is C19H13Cl3N2O3S. The third-order valence-corrected chi connectivity index (χ3v) is 6.20. The predicted molar refractivity (Wildman–Crippen MR) is 111 cm³/mol. The summed E-state index contributed by atoms with van der Waals surface area (Å²) in [6, 6.07) is 12.0. The minimum atomic E-state index is -4.01. The van der Waals surface area contributed by atoms with Gasteiger partial charge < -0.3 is 0 Å². The molecule has 0 aliphatic heterocycles.